The number of likely N-dealkylation sites (N-methyl/N-ethyl adjacent to an activating group) is 1. The predicted octanol–water partition coefficient (Wildman–Crippen LogP) is 2.44. The Labute approximate surface area is 163 Å². The Bertz CT molecular complexity index is 1150. The Balaban J connectivity index is 1.62. The number of likely N-dealkylation sites (tertiary alicyclic amines) is 1. The Hall–Kier alpha value is -2.71. The zero-order valence-electron chi connectivity index (χ0n) is 15.8. The standard InChI is InChI=1S/C20H22N4O3S/c1-3-24-12-14(11-19(24)25)23-28(26,27)15-4-5-16(13(2)10-15)17-6-8-21-20-18(17)7-9-22-20/h4-10,14,23H,3,11-12H2,1-2H3,(H,21,22). The fourth-order valence-electron chi connectivity index (χ4n) is 3.75. The van der Waals surface area contributed by atoms with Crippen molar-refractivity contribution in [3.8, 4) is 11.1 Å². The topological polar surface area (TPSA) is 95.2 Å². The number of carbonyl (C=O) groups excluding carboxylic acids is 1. The number of H-pyrrole nitrogens is 1. The number of hydrogen-bond acceptors (Lipinski definition) is 4. The van der Waals surface area contributed by atoms with Crippen LogP contribution in [0.15, 0.2) is 47.6 Å². The fourth-order valence-corrected chi connectivity index (χ4v) is 5.06. The molecule has 1 unspecified atom stereocenters. The van der Waals surface area contributed by atoms with Crippen LogP contribution in [-0.4, -0.2) is 48.3 Å². The number of hydrogen-bond donors (Lipinski definition) is 2. The second kappa shape index (κ2) is 7.03. The predicted molar refractivity (Wildman–Crippen MR) is 107 cm³/mol. The van der Waals surface area contributed by atoms with E-state index >= 15 is 0 Å². The summed E-state index contributed by atoms with van der Waals surface area (Å²) in [7, 11) is -3.70. The lowest BCUT2D eigenvalue weighted by Crippen LogP contribution is -2.37. The minimum Gasteiger partial charge on any atom is -0.346 e. The Morgan fingerprint density at radius 2 is 2.07 bits per heavy atom. The largest absolute Gasteiger partial charge is 0.346 e. The number of fused-ring (bicyclic) bond motifs is 1. The normalized spacial score (nSPS) is 17.6. The molecule has 1 fully saturated rings. The van der Waals surface area contributed by atoms with Crippen LogP contribution in [0.2, 0.25) is 0 Å². The van der Waals surface area contributed by atoms with Crippen molar-refractivity contribution in [3.05, 3.63) is 48.3 Å². The fraction of sp³-hybridized carbons (Fsp3) is 0.300. The van der Waals surface area contributed by atoms with E-state index in [9.17, 15) is 13.2 Å². The third-order valence-electron chi connectivity index (χ3n) is 5.18. The van der Waals surface area contributed by atoms with Crippen LogP contribution in [0, 0.1) is 6.92 Å². The van der Waals surface area contributed by atoms with E-state index in [2.05, 4.69) is 14.7 Å². The molecule has 8 heteroatoms. The lowest BCUT2D eigenvalue weighted by molar-refractivity contribution is -0.127. The van der Waals surface area contributed by atoms with E-state index < -0.39 is 16.1 Å². The van der Waals surface area contributed by atoms with Crippen LogP contribution in [0.25, 0.3) is 22.2 Å². The minimum atomic E-state index is -3.70. The van der Waals surface area contributed by atoms with Crippen LogP contribution < -0.4 is 4.72 Å². The molecule has 4 rings (SSSR count). The monoisotopic (exact) mass is 398 g/mol. The molecular weight excluding hydrogens is 376 g/mol. The molecule has 0 saturated carbocycles. The molecular formula is C20H22N4O3S. The molecule has 3 heterocycles. The molecule has 0 bridgehead atoms. The minimum absolute atomic E-state index is 0.0186. The van der Waals surface area contributed by atoms with E-state index in [-0.39, 0.29) is 17.2 Å². The van der Waals surface area contributed by atoms with E-state index in [1.807, 2.05) is 38.2 Å². The molecule has 1 atom stereocenters. The van der Waals surface area contributed by atoms with Crippen LogP contribution in [0.4, 0.5) is 0 Å². The summed E-state index contributed by atoms with van der Waals surface area (Å²) in [5, 5.41) is 0.989. The number of aryl methyl sites for hydroxylation is 1. The van der Waals surface area contributed by atoms with Crippen LogP contribution in [0.1, 0.15) is 18.9 Å². The van der Waals surface area contributed by atoms with Crippen molar-refractivity contribution in [3.63, 3.8) is 0 Å². The second-order valence-corrected chi connectivity index (χ2v) is 8.74. The van der Waals surface area contributed by atoms with E-state index in [1.165, 1.54) is 0 Å². The molecule has 1 aliphatic heterocycles. The van der Waals surface area contributed by atoms with Gasteiger partial charge in [-0.2, -0.15) is 0 Å². The van der Waals surface area contributed by atoms with Gasteiger partial charge < -0.3 is 9.88 Å². The van der Waals surface area contributed by atoms with Crippen molar-refractivity contribution in [2.75, 3.05) is 13.1 Å². The van der Waals surface area contributed by atoms with E-state index in [0.29, 0.717) is 13.1 Å². The first-order valence-electron chi connectivity index (χ1n) is 9.22. The van der Waals surface area contributed by atoms with Crippen molar-refractivity contribution < 1.29 is 13.2 Å². The molecule has 146 valence electrons. The molecule has 7 nitrogen and oxygen atoms in total. The van der Waals surface area contributed by atoms with Gasteiger partial charge in [-0.15, -0.1) is 0 Å². The first-order chi connectivity index (χ1) is 13.4. The van der Waals surface area contributed by atoms with Gasteiger partial charge in [-0.25, -0.2) is 18.1 Å². The lowest BCUT2D eigenvalue weighted by atomic mass is 9.99. The second-order valence-electron chi connectivity index (χ2n) is 7.03. The Morgan fingerprint density at radius 1 is 1.25 bits per heavy atom. The highest BCUT2D eigenvalue weighted by Gasteiger charge is 2.32. The number of carbonyl (C=O) groups is 1. The highest BCUT2D eigenvalue weighted by molar-refractivity contribution is 7.89. The Morgan fingerprint density at radius 3 is 2.79 bits per heavy atom. The summed E-state index contributed by atoms with van der Waals surface area (Å²) in [5.41, 5.74) is 3.61. The number of aromatic amines is 1. The molecule has 0 aliphatic carbocycles. The van der Waals surface area contributed by atoms with Gasteiger partial charge in [-0.05, 0) is 54.8 Å². The van der Waals surface area contributed by atoms with Crippen LogP contribution >= 0.6 is 0 Å². The summed E-state index contributed by atoms with van der Waals surface area (Å²) in [6.07, 6.45) is 3.77. The zero-order chi connectivity index (χ0) is 19.9. The van der Waals surface area contributed by atoms with Crippen molar-refractivity contribution >= 4 is 27.0 Å². The number of amides is 1. The van der Waals surface area contributed by atoms with Crippen LogP contribution in [0.5, 0.6) is 0 Å². The summed E-state index contributed by atoms with van der Waals surface area (Å²) in [5.74, 6) is -0.0186. The summed E-state index contributed by atoms with van der Waals surface area (Å²) in [6, 6.07) is 8.60. The molecule has 0 spiro atoms. The van der Waals surface area contributed by atoms with E-state index in [1.54, 1.807) is 23.2 Å². The van der Waals surface area contributed by atoms with Crippen LogP contribution in [-0.2, 0) is 14.8 Å². The van der Waals surface area contributed by atoms with Crippen LogP contribution in [0.3, 0.4) is 0 Å². The summed E-state index contributed by atoms with van der Waals surface area (Å²) >= 11 is 0. The van der Waals surface area contributed by atoms with Gasteiger partial charge in [0.15, 0.2) is 0 Å². The van der Waals surface area contributed by atoms with Gasteiger partial charge in [0.2, 0.25) is 15.9 Å². The number of pyridine rings is 1. The molecule has 2 aromatic heterocycles. The molecule has 28 heavy (non-hydrogen) atoms. The van der Waals surface area contributed by atoms with Crippen molar-refractivity contribution in [2.45, 2.75) is 31.2 Å². The average Bonchev–Trinajstić information content (AvgIpc) is 3.27. The molecule has 1 saturated heterocycles. The van der Waals surface area contributed by atoms with Gasteiger partial charge in [0, 0.05) is 43.3 Å². The summed E-state index contributed by atoms with van der Waals surface area (Å²) in [4.78, 5) is 21.1. The molecule has 1 aromatic carbocycles. The first-order valence-corrected chi connectivity index (χ1v) is 10.7. The number of benzene rings is 1. The number of nitrogens with zero attached hydrogens (tertiary/aromatic N) is 2. The maximum atomic E-state index is 12.8. The average molecular weight is 398 g/mol. The van der Waals surface area contributed by atoms with Gasteiger partial charge in [-0.1, -0.05) is 6.07 Å². The molecule has 1 aliphatic rings. The van der Waals surface area contributed by atoms with E-state index in [0.717, 1.165) is 27.7 Å². The quantitative estimate of drug-likeness (QED) is 0.690. The van der Waals surface area contributed by atoms with Gasteiger partial charge in [-0.3, -0.25) is 4.79 Å². The Kier molecular flexibility index (Phi) is 4.68. The number of rotatable bonds is 5. The highest BCUT2D eigenvalue weighted by Crippen LogP contribution is 2.31. The maximum Gasteiger partial charge on any atom is 0.240 e. The third kappa shape index (κ3) is 3.29. The lowest BCUT2D eigenvalue weighted by Gasteiger charge is -2.16. The molecule has 1 amide bonds. The van der Waals surface area contributed by atoms with Crippen molar-refractivity contribution in [2.24, 2.45) is 0 Å². The summed E-state index contributed by atoms with van der Waals surface area (Å²) < 4.78 is 28.3. The van der Waals surface area contributed by atoms with Gasteiger partial charge >= 0.3 is 0 Å². The van der Waals surface area contributed by atoms with Gasteiger partial charge in [0.05, 0.1) is 4.90 Å². The first kappa shape index (κ1) is 18.6. The smallest absolute Gasteiger partial charge is 0.240 e. The molecule has 0 radical (unpaired) electrons. The van der Waals surface area contributed by atoms with Crippen molar-refractivity contribution in [1.29, 1.82) is 0 Å². The summed E-state index contributed by atoms with van der Waals surface area (Å²) in [6.45, 7) is 4.78. The third-order valence-corrected chi connectivity index (χ3v) is 6.69. The zero-order valence-corrected chi connectivity index (χ0v) is 16.6. The molecule has 3 aromatic rings. The maximum absolute atomic E-state index is 12.8. The van der Waals surface area contributed by atoms with Gasteiger partial charge in [0.25, 0.3) is 0 Å². The highest BCUT2D eigenvalue weighted by atomic mass is 32.2. The SMILES string of the molecule is CCN1CC(NS(=O)(=O)c2ccc(-c3ccnc4[nH]ccc34)c(C)c2)CC1=O. The number of aromatic nitrogens is 2. The van der Waals surface area contributed by atoms with Gasteiger partial charge in [0.1, 0.15) is 5.65 Å². The molecule has 2 N–H and O–H groups in total. The number of sulfonamides is 1. The van der Waals surface area contributed by atoms with E-state index in [4.69, 9.17) is 0 Å². The van der Waals surface area contributed by atoms with Crippen molar-refractivity contribution in [1.82, 2.24) is 19.6 Å². The number of nitrogens with one attached hydrogen (secondary N) is 2.